The van der Waals surface area contributed by atoms with Gasteiger partial charge in [-0.25, -0.2) is 0 Å². The number of piperazine rings is 1. The van der Waals surface area contributed by atoms with Crippen LogP contribution in [0, 0.1) is 0 Å². The third-order valence-electron chi connectivity index (χ3n) is 11.0. The van der Waals surface area contributed by atoms with E-state index in [9.17, 15) is 24.0 Å². The van der Waals surface area contributed by atoms with Gasteiger partial charge in [-0.2, -0.15) is 0 Å². The maximum Gasteiger partial charge on any atom is 0.264 e. The molecular weight excluding hydrogens is 718 g/mol. The van der Waals surface area contributed by atoms with Crippen molar-refractivity contribution >= 4 is 40.1 Å². The molecule has 0 aliphatic carbocycles. The Morgan fingerprint density at radius 2 is 1.77 bits per heavy atom. The van der Waals surface area contributed by atoms with E-state index in [1.807, 2.05) is 31.2 Å². The predicted molar refractivity (Wildman–Crippen MR) is 209 cm³/mol. The summed E-state index contributed by atoms with van der Waals surface area (Å²) in [5.74, 6) is -0.849. The number of nitrogens with two attached hydrogens (primary N) is 1. The zero-order valence-electron chi connectivity index (χ0n) is 32.0. The highest BCUT2D eigenvalue weighted by atomic mass is 16.5. The molecule has 4 amide bonds. The fraction of sp³-hybridized carbons (Fsp3) is 0.415. The van der Waals surface area contributed by atoms with Crippen LogP contribution in [0.5, 0.6) is 11.5 Å². The summed E-state index contributed by atoms with van der Waals surface area (Å²) in [5, 5.41) is 7.00. The SMILES string of the molecule is COc1cc(-c2cn(C)c(=O)c3cnccc23)cc(OC)c1CC(N)CCOC(C)CC1CNCCN1c1cccc2c1C(=O)N(C1CCC(=O)NC1=O)C2=O. The first-order valence-electron chi connectivity index (χ1n) is 18.9. The van der Waals surface area contributed by atoms with Crippen LogP contribution in [0.25, 0.3) is 21.9 Å². The number of hydrogen-bond donors (Lipinski definition) is 3. The Labute approximate surface area is 324 Å². The average molecular weight is 766 g/mol. The number of ether oxygens (including phenoxy) is 3. The van der Waals surface area contributed by atoms with Gasteiger partial charge in [0.1, 0.15) is 17.5 Å². The summed E-state index contributed by atoms with van der Waals surface area (Å²) in [6.07, 6.45) is 6.74. The number of aromatic nitrogens is 2. The van der Waals surface area contributed by atoms with Gasteiger partial charge in [-0.1, -0.05) is 6.07 Å². The second kappa shape index (κ2) is 16.2. The number of anilines is 1. The van der Waals surface area contributed by atoms with Crippen molar-refractivity contribution in [2.75, 3.05) is 45.4 Å². The lowest BCUT2D eigenvalue weighted by atomic mass is 9.96. The Morgan fingerprint density at radius 1 is 1.00 bits per heavy atom. The van der Waals surface area contributed by atoms with E-state index < -0.39 is 29.7 Å². The van der Waals surface area contributed by atoms with Gasteiger partial charge in [-0.3, -0.25) is 39.2 Å². The molecule has 56 heavy (non-hydrogen) atoms. The standard InChI is InChI=1S/C41H47N7O8/c1-23(16-26-20-44-13-14-47(26)32-7-5-6-28-37(32)41(53)48(40(28)52)33-8-9-36(49)45-38(33)50)56-15-11-25(42)19-29-34(54-3)17-24(18-35(29)55-4)31-22-46(2)39(51)30-21-43-12-10-27(30)31/h5-7,10,12,17-18,21-23,25-26,33,44H,8-9,11,13-16,19-20,42H2,1-4H3,(H,45,49,50). The monoisotopic (exact) mass is 765 g/mol. The van der Waals surface area contributed by atoms with E-state index in [0.717, 1.165) is 27.0 Å². The van der Waals surface area contributed by atoms with Crippen molar-refractivity contribution < 1.29 is 33.4 Å². The van der Waals surface area contributed by atoms with E-state index in [-0.39, 0.29) is 47.7 Å². The molecule has 4 aromatic rings. The molecule has 0 bridgehead atoms. The topological polar surface area (TPSA) is 187 Å². The van der Waals surface area contributed by atoms with Gasteiger partial charge in [0.25, 0.3) is 17.4 Å². The molecule has 2 aromatic heterocycles. The molecule has 0 radical (unpaired) electrons. The number of rotatable bonds is 13. The summed E-state index contributed by atoms with van der Waals surface area (Å²) in [6, 6.07) is 9.58. The summed E-state index contributed by atoms with van der Waals surface area (Å²) in [4.78, 5) is 71.8. The molecular formula is C41H47N7O8. The first kappa shape index (κ1) is 38.6. The fourth-order valence-corrected chi connectivity index (χ4v) is 8.14. The third kappa shape index (κ3) is 7.36. The molecule has 5 heterocycles. The first-order chi connectivity index (χ1) is 27.0. The van der Waals surface area contributed by atoms with Crippen molar-refractivity contribution in [3.63, 3.8) is 0 Å². The van der Waals surface area contributed by atoms with Crippen LogP contribution >= 0.6 is 0 Å². The van der Waals surface area contributed by atoms with Crippen LogP contribution in [0.15, 0.2) is 59.8 Å². The van der Waals surface area contributed by atoms with Crippen molar-refractivity contribution in [1.29, 1.82) is 0 Å². The van der Waals surface area contributed by atoms with Crippen LogP contribution in [0.4, 0.5) is 5.69 Å². The maximum atomic E-state index is 13.8. The molecule has 3 aliphatic heterocycles. The Morgan fingerprint density at radius 3 is 2.50 bits per heavy atom. The lowest BCUT2D eigenvalue weighted by molar-refractivity contribution is -0.136. The van der Waals surface area contributed by atoms with Gasteiger partial charge in [0.2, 0.25) is 11.8 Å². The van der Waals surface area contributed by atoms with Crippen molar-refractivity contribution in [2.45, 2.75) is 63.3 Å². The summed E-state index contributed by atoms with van der Waals surface area (Å²) in [6.45, 7) is 4.37. The first-order valence-corrected chi connectivity index (χ1v) is 18.9. The van der Waals surface area contributed by atoms with Crippen molar-refractivity contribution in [1.82, 2.24) is 25.1 Å². The van der Waals surface area contributed by atoms with Crippen LogP contribution in [0.3, 0.4) is 0 Å². The number of carbonyl (C=O) groups excluding carboxylic acids is 4. The van der Waals surface area contributed by atoms with Crippen LogP contribution < -0.4 is 36.3 Å². The van der Waals surface area contributed by atoms with E-state index in [2.05, 4.69) is 20.5 Å². The van der Waals surface area contributed by atoms with Crippen molar-refractivity contribution in [2.24, 2.45) is 12.8 Å². The van der Waals surface area contributed by atoms with Crippen LogP contribution in [0.2, 0.25) is 0 Å². The number of amides is 4. The number of fused-ring (bicyclic) bond motifs is 2. The van der Waals surface area contributed by atoms with E-state index in [0.29, 0.717) is 68.1 Å². The number of carbonyl (C=O) groups is 4. The molecule has 0 saturated carbocycles. The zero-order valence-corrected chi connectivity index (χ0v) is 32.0. The molecule has 4 N–H and O–H groups in total. The third-order valence-corrected chi connectivity index (χ3v) is 11.0. The Bertz CT molecular complexity index is 2230. The molecule has 2 fully saturated rings. The average Bonchev–Trinajstić information content (AvgIpc) is 3.45. The molecule has 4 atom stereocenters. The fourth-order valence-electron chi connectivity index (χ4n) is 8.14. The van der Waals surface area contributed by atoms with Gasteiger partial charge < -0.3 is 34.7 Å². The van der Waals surface area contributed by atoms with E-state index in [4.69, 9.17) is 19.9 Å². The normalized spacial score (nSPS) is 19.6. The number of hydrogen-bond acceptors (Lipinski definition) is 12. The largest absolute Gasteiger partial charge is 0.496 e. The summed E-state index contributed by atoms with van der Waals surface area (Å²) in [7, 11) is 4.93. The second-order valence-corrected chi connectivity index (χ2v) is 14.6. The van der Waals surface area contributed by atoms with Crippen LogP contribution in [0.1, 0.15) is 58.9 Å². The van der Waals surface area contributed by atoms with Gasteiger partial charge >= 0.3 is 0 Å². The quantitative estimate of drug-likeness (QED) is 0.169. The summed E-state index contributed by atoms with van der Waals surface area (Å²) in [5.41, 5.74) is 10.2. The summed E-state index contributed by atoms with van der Waals surface area (Å²) < 4.78 is 19.5. The Kier molecular flexibility index (Phi) is 11.2. The highest BCUT2D eigenvalue weighted by Gasteiger charge is 2.46. The minimum atomic E-state index is -1.03. The maximum absolute atomic E-state index is 13.8. The number of nitrogens with zero attached hydrogens (tertiary/aromatic N) is 4. The van der Waals surface area contributed by atoms with Crippen LogP contribution in [-0.2, 0) is 27.8 Å². The van der Waals surface area contributed by atoms with Gasteiger partial charge in [-0.15, -0.1) is 0 Å². The summed E-state index contributed by atoms with van der Waals surface area (Å²) >= 11 is 0. The molecule has 294 valence electrons. The van der Waals surface area contributed by atoms with Gasteiger partial charge in [0.05, 0.1) is 42.5 Å². The van der Waals surface area contributed by atoms with E-state index in [1.165, 1.54) is 0 Å². The lowest BCUT2D eigenvalue weighted by Crippen LogP contribution is -2.54. The Hall–Kier alpha value is -5.64. The molecule has 15 heteroatoms. The second-order valence-electron chi connectivity index (χ2n) is 14.6. The predicted octanol–water partition coefficient (Wildman–Crippen LogP) is 2.55. The van der Waals surface area contributed by atoms with Gasteiger partial charge in [0.15, 0.2) is 0 Å². The van der Waals surface area contributed by atoms with Gasteiger partial charge in [-0.05, 0) is 73.9 Å². The van der Waals surface area contributed by atoms with Crippen LogP contribution in [-0.4, -0.2) is 103 Å². The smallest absolute Gasteiger partial charge is 0.264 e. The minimum absolute atomic E-state index is 0.0427. The lowest BCUT2D eigenvalue weighted by Gasteiger charge is -2.40. The number of aryl methyl sites for hydroxylation is 1. The number of pyridine rings is 2. The molecule has 2 aromatic carbocycles. The molecule has 7 rings (SSSR count). The van der Waals surface area contributed by atoms with E-state index >= 15 is 0 Å². The number of benzene rings is 2. The van der Waals surface area contributed by atoms with Crippen molar-refractivity contribution in [3.8, 4) is 22.6 Å². The minimum Gasteiger partial charge on any atom is -0.496 e. The molecule has 2 saturated heterocycles. The molecule has 15 nitrogen and oxygen atoms in total. The van der Waals surface area contributed by atoms with Crippen molar-refractivity contribution in [3.05, 3.63) is 82.0 Å². The highest BCUT2D eigenvalue weighted by molar-refractivity contribution is 6.25. The van der Waals surface area contributed by atoms with Gasteiger partial charge in [0, 0.05) is 81.5 Å². The molecule has 4 unspecified atom stereocenters. The highest BCUT2D eigenvalue weighted by Crippen LogP contribution is 2.39. The number of nitrogens with one attached hydrogen (secondary N) is 2. The molecule has 3 aliphatic rings. The number of imide groups is 2. The number of piperidine rings is 1. The zero-order chi connectivity index (χ0) is 39.7. The molecule has 0 spiro atoms. The Balaban J connectivity index is 1.00. The van der Waals surface area contributed by atoms with E-state index in [1.54, 1.807) is 56.6 Å². The number of methoxy groups -OCH3 is 2.